The Morgan fingerprint density at radius 3 is 2.45 bits per heavy atom. The molecule has 2 aromatic carbocycles. The molecule has 0 aliphatic carbocycles. The van der Waals surface area contributed by atoms with Crippen molar-refractivity contribution in [3.8, 4) is 17.0 Å². The lowest BCUT2D eigenvalue weighted by Crippen LogP contribution is -2.36. The third-order valence-electron chi connectivity index (χ3n) is 6.08. The highest BCUT2D eigenvalue weighted by Gasteiger charge is 2.16. The van der Waals surface area contributed by atoms with Gasteiger partial charge in [0.1, 0.15) is 11.9 Å². The average Bonchev–Trinajstić information content (AvgIpc) is 2.86. The van der Waals surface area contributed by atoms with Crippen molar-refractivity contribution in [3.05, 3.63) is 60.3 Å². The molecule has 7 heteroatoms. The minimum atomic E-state index is 0.234. The summed E-state index contributed by atoms with van der Waals surface area (Å²) in [6, 6.07) is 16.4. The summed E-state index contributed by atoms with van der Waals surface area (Å²) in [4.78, 5) is 11.5. The molecule has 7 nitrogen and oxygen atoms in total. The van der Waals surface area contributed by atoms with Crippen molar-refractivity contribution < 1.29 is 14.2 Å². The second kappa shape index (κ2) is 10.2. The largest absolute Gasteiger partial charge is 0.490 e. The van der Waals surface area contributed by atoms with Gasteiger partial charge in [-0.05, 0) is 61.0 Å². The zero-order valence-electron chi connectivity index (χ0n) is 19.0. The molecule has 0 saturated carbocycles. The molecule has 1 N–H and O–H groups in total. The van der Waals surface area contributed by atoms with Gasteiger partial charge in [-0.1, -0.05) is 0 Å². The quantitative estimate of drug-likeness (QED) is 0.594. The van der Waals surface area contributed by atoms with Crippen LogP contribution in [0.15, 0.2) is 54.7 Å². The van der Waals surface area contributed by atoms with Crippen molar-refractivity contribution in [2.75, 3.05) is 49.7 Å². The number of hydrogen-bond acceptors (Lipinski definition) is 7. The molecule has 2 aliphatic rings. The Hall–Kier alpha value is -3.16. The molecule has 0 atom stereocenters. The highest BCUT2D eigenvalue weighted by Crippen LogP contribution is 2.27. The topological polar surface area (TPSA) is 68.7 Å². The number of aromatic nitrogens is 2. The van der Waals surface area contributed by atoms with E-state index < -0.39 is 0 Å². The molecule has 2 fully saturated rings. The van der Waals surface area contributed by atoms with E-state index in [1.807, 2.05) is 30.3 Å². The molecule has 172 valence electrons. The number of nitrogens with zero attached hydrogens (tertiary/aromatic N) is 3. The zero-order valence-corrected chi connectivity index (χ0v) is 19.0. The molecule has 2 saturated heterocycles. The van der Waals surface area contributed by atoms with Crippen LogP contribution >= 0.6 is 0 Å². The lowest BCUT2D eigenvalue weighted by atomic mass is 10.1. The van der Waals surface area contributed by atoms with Gasteiger partial charge in [0, 0.05) is 49.1 Å². The van der Waals surface area contributed by atoms with Gasteiger partial charge < -0.3 is 24.4 Å². The van der Waals surface area contributed by atoms with Crippen LogP contribution in [0.2, 0.25) is 0 Å². The molecule has 3 heterocycles. The van der Waals surface area contributed by atoms with E-state index in [0.29, 0.717) is 5.95 Å². The lowest BCUT2D eigenvalue weighted by Gasteiger charge is -2.30. The van der Waals surface area contributed by atoms with Gasteiger partial charge in [0.25, 0.3) is 0 Å². The lowest BCUT2D eigenvalue weighted by molar-refractivity contribution is 0.0256. The van der Waals surface area contributed by atoms with Gasteiger partial charge in [0.05, 0.1) is 32.1 Å². The van der Waals surface area contributed by atoms with Crippen molar-refractivity contribution in [2.45, 2.75) is 25.9 Å². The average molecular weight is 447 g/mol. The number of anilines is 3. The van der Waals surface area contributed by atoms with Crippen LogP contribution in [0.5, 0.6) is 5.75 Å². The molecular formula is C26H30N4O3. The monoisotopic (exact) mass is 446 g/mol. The SMILES string of the molecule is Cc1cc(Nc2nccc(-c3ccc(OC4CCOCC4)cc3)n2)ccc1N1CCOCC1. The molecule has 5 rings (SSSR count). The minimum Gasteiger partial charge on any atom is -0.490 e. The molecule has 0 amide bonds. The van der Waals surface area contributed by atoms with Gasteiger partial charge in [-0.25, -0.2) is 9.97 Å². The standard InChI is InChI=1S/C26H30N4O3/c1-19-18-21(4-7-25(19)30-12-16-32-17-13-30)28-26-27-11-8-24(29-26)20-2-5-22(6-3-20)33-23-9-14-31-15-10-23/h2-8,11,18,23H,9-10,12-17H2,1H3,(H,27,28,29). The maximum absolute atomic E-state index is 6.08. The molecule has 0 spiro atoms. The summed E-state index contributed by atoms with van der Waals surface area (Å²) in [5, 5.41) is 3.35. The normalized spacial score (nSPS) is 17.1. The highest BCUT2D eigenvalue weighted by molar-refractivity contribution is 5.66. The van der Waals surface area contributed by atoms with Gasteiger partial charge in [-0.15, -0.1) is 0 Å². The first kappa shape index (κ1) is 21.7. The van der Waals surface area contributed by atoms with Crippen LogP contribution < -0.4 is 15.0 Å². The first-order chi connectivity index (χ1) is 16.2. The number of hydrogen-bond donors (Lipinski definition) is 1. The second-order valence-corrected chi connectivity index (χ2v) is 8.45. The molecule has 2 aliphatic heterocycles. The first-order valence-corrected chi connectivity index (χ1v) is 11.6. The summed E-state index contributed by atoms with van der Waals surface area (Å²) in [5.74, 6) is 1.46. The van der Waals surface area contributed by atoms with Crippen LogP contribution in [0.25, 0.3) is 11.3 Å². The maximum Gasteiger partial charge on any atom is 0.227 e. The van der Waals surface area contributed by atoms with Gasteiger partial charge in [0.2, 0.25) is 5.95 Å². The fraction of sp³-hybridized carbons (Fsp3) is 0.385. The molecule has 33 heavy (non-hydrogen) atoms. The summed E-state index contributed by atoms with van der Waals surface area (Å²) in [6.45, 7) is 7.10. The van der Waals surface area contributed by atoms with E-state index in [4.69, 9.17) is 19.2 Å². The summed E-state index contributed by atoms with van der Waals surface area (Å²) in [5.41, 5.74) is 5.34. The number of ether oxygens (including phenoxy) is 3. The van der Waals surface area contributed by atoms with E-state index in [1.54, 1.807) is 6.20 Å². The highest BCUT2D eigenvalue weighted by atomic mass is 16.5. The Bertz CT molecular complexity index is 1060. The van der Waals surface area contributed by atoms with E-state index in [0.717, 1.165) is 75.1 Å². The summed E-state index contributed by atoms with van der Waals surface area (Å²) in [7, 11) is 0. The Balaban J connectivity index is 1.26. The third-order valence-corrected chi connectivity index (χ3v) is 6.08. The molecule has 1 aromatic heterocycles. The summed E-state index contributed by atoms with van der Waals surface area (Å²) < 4.78 is 16.9. The number of nitrogens with one attached hydrogen (secondary N) is 1. The molecular weight excluding hydrogens is 416 g/mol. The third kappa shape index (κ3) is 5.43. The maximum atomic E-state index is 6.08. The summed E-state index contributed by atoms with van der Waals surface area (Å²) >= 11 is 0. The van der Waals surface area contributed by atoms with E-state index in [9.17, 15) is 0 Å². The summed E-state index contributed by atoms with van der Waals surface area (Å²) in [6.07, 6.45) is 3.90. The van der Waals surface area contributed by atoms with Crippen LogP contribution in [-0.2, 0) is 9.47 Å². The van der Waals surface area contributed by atoms with Crippen LogP contribution in [0.3, 0.4) is 0 Å². The number of aryl methyl sites for hydroxylation is 1. The van der Waals surface area contributed by atoms with Crippen LogP contribution in [-0.4, -0.2) is 55.6 Å². The number of benzene rings is 2. The van der Waals surface area contributed by atoms with Crippen LogP contribution in [0, 0.1) is 6.92 Å². The second-order valence-electron chi connectivity index (χ2n) is 8.45. The van der Waals surface area contributed by atoms with Crippen molar-refractivity contribution >= 4 is 17.3 Å². The van der Waals surface area contributed by atoms with Crippen molar-refractivity contribution in [2.24, 2.45) is 0 Å². The first-order valence-electron chi connectivity index (χ1n) is 11.6. The Labute approximate surface area is 194 Å². The Kier molecular flexibility index (Phi) is 6.69. The van der Waals surface area contributed by atoms with Crippen LogP contribution in [0.4, 0.5) is 17.3 Å². The van der Waals surface area contributed by atoms with E-state index in [2.05, 4.69) is 40.3 Å². The van der Waals surface area contributed by atoms with Crippen molar-refractivity contribution in [3.63, 3.8) is 0 Å². The number of morpholine rings is 1. The van der Waals surface area contributed by atoms with Gasteiger partial charge in [0.15, 0.2) is 0 Å². The Morgan fingerprint density at radius 2 is 1.70 bits per heavy atom. The van der Waals surface area contributed by atoms with Crippen molar-refractivity contribution in [1.29, 1.82) is 0 Å². The van der Waals surface area contributed by atoms with Gasteiger partial charge >= 0.3 is 0 Å². The molecule has 0 bridgehead atoms. The Morgan fingerprint density at radius 1 is 0.939 bits per heavy atom. The predicted octanol–water partition coefficient (Wildman–Crippen LogP) is 4.59. The van der Waals surface area contributed by atoms with Crippen molar-refractivity contribution in [1.82, 2.24) is 9.97 Å². The molecule has 0 radical (unpaired) electrons. The molecule has 3 aromatic rings. The van der Waals surface area contributed by atoms with E-state index >= 15 is 0 Å². The number of rotatable bonds is 6. The fourth-order valence-corrected chi connectivity index (χ4v) is 4.29. The van der Waals surface area contributed by atoms with Gasteiger partial charge in [-0.3, -0.25) is 0 Å². The van der Waals surface area contributed by atoms with Crippen LogP contribution in [0.1, 0.15) is 18.4 Å². The predicted molar refractivity (Wildman–Crippen MR) is 129 cm³/mol. The molecule has 0 unspecified atom stereocenters. The smallest absolute Gasteiger partial charge is 0.227 e. The minimum absolute atomic E-state index is 0.234. The van der Waals surface area contributed by atoms with Gasteiger partial charge in [-0.2, -0.15) is 0 Å². The van der Waals surface area contributed by atoms with E-state index in [-0.39, 0.29) is 6.10 Å². The van der Waals surface area contributed by atoms with E-state index in [1.165, 1.54) is 11.3 Å². The fourth-order valence-electron chi connectivity index (χ4n) is 4.29. The zero-order chi connectivity index (χ0) is 22.5.